The Morgan fingerprint density at radius 3 is 2.45 bits per heavy atom. The van der Waals surface area contributed by atoms with Gasteiger partial charge >= 0.3 is 0 Å². The Morgan fingerprint density at radius 1 is 1.55 bits per heavy atom. The van der Waals surface area contributed by atoms with Gasteiger partial charge in [0.1, 0.15) is 0 Å². The van der Waals surface area contributed by atoms with Crippen LogP contribution in [0.25, 0.3) is 0 Å². The Hall–Kier alpha value is -1.10. The van der Waals surface area contributed by atoms with E-state index in [0.29, 0.717) is 6.54 Å². The Balaban J connectivity index is 3.73. The molecule has 0 aliphatic heterocycles. The van der Waals surface area contributed by atoms with E-state index in [2.05, 4.69) is 5.32 Å². The van der Waals surface area contributed by atoms with E-state index >= 15 is 0 Å². The van der Waals surface area contributed by atoms with Crippen molar-refractivity contribution in [3.63, 3.8) is 0 Å². The van der Waals surface area contributed by atoms with E-state index in [4.69, 9.17) is 11.5 Å². The van der Waals surface area contributed by atoms with Crippen molar-refractivity contribution >= 4 is 11.8 Å². The number of nitrogens with one attached hydrogen (secondary N) is 1. The molecule has 0 radical (unpaired) electrons. The van der Waals surface area contributed by atoms with Gasteiger partial charge in [-0.3, -0.25) is 9.59 Å². The quantitative estimate of drug-likeness (QED) is 0.457. The smallest absolute Gasteiger partial charge is 0.237 e. The number of nitrogens with two attached hydrogens (primary N) is 2. The van der Waals surface area contributed by atoms with Crippen molar-refractivity contribution < 1.29 is 9.59 Å². The average molecular weight is 159 g/mol. The van der Waals surface area contributed by atoms with Gasteiger partial charge < -0.3 is 16.8 Å². The number of hydrogen-bond acceptors (Lipinski definition) is 3. The molecule has 11 heavy (non-hydrogen) atoms. The average Bonchev–Trinajstić information content (AvgIpc) is 1.86. The number of amides is 2. The van der Waals surface area contributed by atoms with Crippen LogP contribution in [0.4, 0.5) is 0 Å². The molecule has 0 aromatic heterocycles. The number of primary amides is 1. The second-order valence-electron chi connectivity index (χ2n) is 2.17. The molecular weight excluding hydrogens is 146 g/mol. The van der Waals surface area contributed by atoms with E-state index < -0.39 is 11.9 Å². The molecule has 0 heterocycles. The third-order valence-corrected chi connectivity index (χ3v) is 1.11. The van der Waals surface area contributed by atoms with Gasteiger partial charge in [0.25, 0.3) is 0 Å². The Morgan fingerprint density at radius 2 is 2.09 bits per heavy atom. The van der Waals surface area contributed by atoms with Crippen molar-refractivity contribution in [3.8, 4) is 0 Å². The van der Waals surface area contributed by atoms with Crippen molar-refractivity contribution in [2.24, 2.45) is 11.5 Å². The molecule has 1 atom stereocenters. The third kappa shape index (κ3) is 4.32. The summed E-state index contributed by atoms with van der Waals surface area (Å²) in [5.74, 6) is -0.907. The summed E-state index contributed by atoms with van der Waals surface area (Å²) in [5, 5.41) is 2.48. The van der Waals surface area contributed by atoms with Gasteiger partial charge in [-0.1, -0.05) is 0 Å². The van der Waals surface area contributed by atoms with E-state index in [1.54, 1.807) is 6.92 Å². The van der Waals surface area contributed by atoms with Gasteiger partial charge in [0.05, 0.1) is 12.5 Å². The van der Waals surface area contributed by atoms with E-state index in [9.17, 15) is 9.59 Å². The van der Waals surface area contributed by atoms with E-state index in [1.807, 2.05) is 0 Å². The zero-order chi connectivity index (χ0) is 8.85. The molecule has 5 heteroatoms. The van der Waals surface area contributed by atoms with E-state index in [0.717, 1.165) is 0 Å². The lowest BCUT2D eigenvalue weighted by molar-refractivity contribution is -0.126. The number of likely N-dealkylation sites (N-methyl/N-ethyl adjacent to an activating group) is 1. The summed E-state index contributed by atoms with van der Waals surface area (Å²) in [6, 6.07) is -0.813. The summed E-state index contributed by atoms with van der Waals surface area (Å²) in [6.45, 7) is 2.28. The summed E-state index contributed by atoms with van der Waals surface area (Å²) >= 11 is 0. The molecule has 0 saturated heterocycles. The summed E-state index contributed by atoms with van der Waals surface area (Å²) < 4.78 is 0. The predicted molar refractivity (Wildman–Crippen MR) is 40.5 cm³/mol. The topological polar surface area (TPSA) is 98.2 Å². The first-order chi connectivity index (χ1) is 5.07. The lowest BCUT2D eigenvalue weighted by Gasteiger charge is -2.07. The second-order valence-corrected chi connectivity index (χ2v) is 2.17. The Labute approximate surface area is 65.1 Å². The fourth-order valence-corrected chi connectivity index (χ4v) is 0.615. The predicted octanol–water partition coefficient (Wildman–Crippen LogP) is -1.67. The fraction of sp³-hybridized carbons (Fsp3) is 0.667. The molecule has 0 aliphatic rings. The molecule has 0 fully saturated rings. The fourth-order valence-electron chi connectivity index (χ4n) is 0.615. The van der Waals surface area contributed by atoms with Crippen LogP contribution in [-0.4, -0.2) is 24.4 Å². The monoisotopic (exact) mass is 159 g/mol. The highest BCUT2D eigenvalue weighted by molar-refractivity contribution is 5.87. The third-order valence-electron chi connectivity index (χ3n) is 1.11. The standard InChI is InChI=1S/C6H13N3O2/c1-2-9-6(11)4(7)3-5(8)10/h4H,2-3,7H2,1H3,(H2,8,10)(H,9,11)/t4-/m0/s1. The van der Waals surface area contributed by atoms with Crippen LogP contribution in [-0.2, 0) is 9.59 Å². The molecule has 2 amide bonds. The van der Waals surface area contributed by atoms with Crippen LogP contribution < -0.4 is 16.8 Å². The Kier molecular flexibility index (Phi) is 4.21. The van der Waals surface area contributed by atoms with Crippen molar-refractivity contribution in [1.29, 1.82) is 0 Å². The molecular formula is C6H13N3O2. The minimum atomic E-state index is -0.813. The van der Waals surface area contributed by atoms with Crippen molar-refractivity contribution in [2.75, 3.05) is 6.54 Å². The van der Waals surface area contributed by atoms with Gasteiger partial charge in [-0.15, -0.1) is 0 Å². The molecule has 0 rings (SSSR count). The summed E-state index contributed by atoms with van der Waals surface area (Å²) in [6.07, 6.45) is -0.105. The van der Waals surface area contributed by atoms with Gasteiger partial charge in [-0.05, 0) is 6.92 Å². The summed E-state index contributed by atoms with van der Waals surface area (Å²) in [5.41, 5.74) is 10.1. The Bertz CT molecular complexity index is 158. The first-order valence-corrected chi connectivity index (χ1v) is 3.39. The number of rotatable bonds is 4. The number of carbonyl (C=O) groups is 2. The van der Waals surface area contributed by atoms with Crippen LogP contribution in [0.2, 0.25) is 0 Å². The summed E-state index contributed by atoms with van der Waals surface area (Å²) in [4.78, 5) is 21.1. The lowest BCUT2D eigenvalue weighted by Crippen LogP contribution is -2.42. The van der Waals surface area contributed by atoms with Gasteiger partial charge in [0.15, 0.2) is 0 Å². The summed E-state index contributed by atoms with van der Waals surface area (Å²) in [7, 11) is 0. The van der Waals surface area contributed by atoms with Crippen LogP contribution in [0.15, 0.2) is 0 Å². The first-order valence-electron chi connectivity index (χ1n) is 3.39. The lowest BCUT2D eigenvalue weighted by atomic mass is 10.2. The molecule has 0 unspecified atom stereocenters. The van der Waals surface area contributed by atoms with Gasteiger partial charge in [-0.2, -0.15) is 0 Å². The van der Waals surface area contributed by atoms with E-state index in [1.165, 1.54) is 0 Å². The van der Waals surface area contributed by atoms with Crippen LogP contribution in [0, 0.1) is 0 Å². The molecule has 0 bridgehead atoms. The van der Waals surface area contributed by atoms with Crippen LogP contribution in [0.3, 0.4) is 0 Å². The minimum absolute atomic E-state index is 0.105. The second kappa shape index (κ2) is 4.68. The maximum Gasteiger partial charge on any atom is 0.237 e. The molecule has 0 spiro atoms. The minimum Gasteiger partial charge on any atom is -0.370 e. The molecule has 0 aromatic carbocycles. The largest absolute Gasteiger partial charge is 0.370 e. The molecule has 0 saturated carbocycles. The van der Waals surface area contributed by atoms with Gasteiger partial charge in [0.2, 0.25) is 11.8 Å². The van der Waals surface area contributed by atoms with Crippen molar-refractivity contribution in [1.82, 2.24) is 5.32 Å². The molecule has 5 N–H and O–H groups in total. The van der Waals surface area contributed by atoms with Crippen molar-refractivity contribution in [2.45, 2.75) is 19.4 Å². The maximum absolute atomic E-state index is 10.8. The normalized spacial score (nSPS) is 12.2. The molecule has 64 valence electrons. The van der Waals surface area contributed by atoms with Gasteiger partial charge in [-0.25, -0.2) is 0 Å². The highest BCUT2D eigenvalue weighted by Crippen LogP contribution is 1.85. The molecule has 5 nitrogen and oxygen atoms in total. The zero-order valence-electron chi connectivity index (χ0n) is 6.46. The van der Waals surface area contributed by atoms with Crippen molar-refractivity contribution in [3.05, 3.63) is 0 Å². The van der Waals surface area contributed by atoms with Gasteiger partial charge in [0, 0.05) is 6.54 Å². The van der Waals surface area contributed by atoms with Crippen LogP contribution in [0.1, 0.15) is 13.3 Å². The maximum atomic E-state index is 10.8. The van der Waals surface area contributed by atoms with Crippen LogP contribution in [0.5, 0.6) is 0 Å². The highest BCUT2D eigenvalue weighted by atomic mass is 16.2. The molecule has 0 aliphatic carbocycles. The first kappa shape index (κ1) is 9.90. The number of carbonyl (C=O) groups excluding carboxylic acids is 2. The van der Waals surface area contributed by atoms with Crippen LogP contribution >= 0.6 is 0 Å². The highest BCUT2D eigenvalue weighted by Gasteiger charge is 2.14. The zero-order valence-corrected chi connectivity index (χ0v) is 6.46. The van der Waals surface area contributed by atoms with E-state index in [-0.39, 0.29) is 12.3 Å². The molecule has 0 aromatic rings. The SMILES string of the molecule is CCNC(=O)[C@@H](N)CC(N)=O. The number of hydrogen-bond donors (Lipinski definition) is 3.